The van der Waals surface area contributed by atoms with Crippen LogP contribution >= 0.6 is 0 Å². The third-order valence-corrected chi connectivity index (χ3v) is 6.03. The van der Waals surface area contributed by atoms with Crippen LogP contribution in [0.1, 0.15) is 33.6 Å². The Bertz CT molecular complexity index is 381. The fourth-order valence-corrected chi connectivity index (χ4v) is 4.32. The van der Waals surface area contributed by atoms with Gasteiger partial charge in [-0.05, 0) is 33.6 Å². The summed E-state index contributed by atoms with van der Waals surface area (Å²) < 4.78 is 31.1. The largest absolute Gasteiger partial charge is 0.373 e. The number of sulfonamides is 1. The van der Waals surface area contributed by atoms with Crippen molar-refractivity contribution in [2.24, 2.45) is 0 Å². The molecule has 0 N–H and O–H groups in total. The number of rotatable bonds is 3. The van der Waals surface area contributed by atoms with Gasteiger partial charge in [0.1, 0.15) is 0 Å². The molecule has 2 atom stereocenters. The zero-order valence-electron chi connectivity index (χ0n) is 12.2. The molecule has 5 nitrogen and oxygen atoms in total. The first-order chi connectivity index (χ1) is 8.92. The lowest BCUT2D eigenvalue weighted by molar-refractivity contribution is -0.0847. The Morgan fingerprint density at radius 3 is 2.11 bits per heavy atom. The van der Waals surface area contributed by atoms with Crippen molar-refractivity contribution in [2.45, 2.75) is 51.9 Å². The van der Waals surface area contributed by atoms with E-state index in [0.717, 1.165) is 25.9 Å². The summed E-state index contributed by atoms with van der Waals surface area (Å²) in [5, 5.41) is 0. The second kappa shape index (κ2) is 6.08. The highest BCUT2D eigenvalue weighted by atomic mass is 32.2. The van der Waals surface area contributed by atoms with E-state index < -0.39 is 10.0 Å². The van der Waals surface area contributed by atoms with Gasteiger partial charge in [0.15, 0.2) is 0 Å². The lowest BCUT2D eigenvalue weighted by atomic mass is 10.0. The molecule has 112 valence electrons. The van der Waals surface area contributed by atoms with Gasteiger partial charge >= 0.3 is 0 Å². The molecule has 0 radical (unpaired) electrons. The van der Waals surface area contributed by atoms with Crippen LogP contribution in [0.3, 0.4) is 0 Å². The predicted molar refractivity (Wildman–Crippen MR) is 75.6 cm³/mol. The lowest BCUT2D eigenvalue weighted by Gasteiger charge is -2.43. The molecule has 2 rings (SSSR count). The fraction of sp³-hybridized carbons (Fsp3) is 1.00. The van der Waals surface area contributed by atoms with Crippen molar-refractivity contribution in [2.75, 3.05) is 31.9 Å². The minimum Gasteiger partial charge on any atom is -0.373 e. The van der Waals surface area contributed by atoms with E-state index in [1.807, 2.05) is 0 Å². The molecule has 0 bridgehead atoms. The number of piperidine rings is 1. The van der Waals surface area contributed by atoms with Crippen LogP contribution in [0.4, 0.5) is 0 Å². The quantitative estimate of drug-likeness (QED) is 0.775. The number of ether oxygens (including phenoxy) is 1. The SMILES string of the molecule is CCS(=O)(=O)N1CCC(N2C[C@H](C)O[C@@H](C)C2)CC1. The highest BCUT2D eigenvalue weighted by molar-refractivity contribution is 7.89. The van der Waals surface area contributed by atoms with E-state index in [-0.39, 0.29) is 18.0 Å². The van der Waals surface area contributed by atoms with Crippen LogP contribution in [0.5, 0.6) is 0 Å². The zero-order chi connectivity index (χ0) is 14.0. The van der Waals surface area contributed by atoms with Crippen molar-refractivity contribution in [3.8, 4) is 0 Å². The van der Waals surface area contributed by atoms with Gasteiger partial charge in [0, 0.05) is 32.2 Å². The molecule has 0 aromatic carbocycles. The van der Waals surface area contributed by atoms with Crippen LogP contribution < -0.4 is 0 Å². The molecule has 0 aromatic rings. The number of hydrogen-bond donors (Lipinski definition) is 0. The number of morpholine rings is 1. The Hall–Kier alpha value is -0.170. The molecule has 0 spiro atoms. The highest BCUT2D eigenvalue weighted by Gasteiger charge is 2.32. The first-order valence-corrected chi connectivity index (χ1v) is 8.90. The minimum atomic E-state index is -3.01. The Labute approximate surface area is 117 Å². The average Bonchev–Trinajstić information content (AvgIpc) is 2.38. The number of hydrogen-bond acceptors (Lipinski definition) is 4. The molecule has 2 heterocycles. The summed E-state index contributed by atoms with van der Waals surface area (Å²) in [7, 11) is -3.01. The molecule has 6 heteroatoms. The van der Waals surface area contributed by atoms with Gasteiger partial charge in [0.2, 0.25) is 10.0 Å². The van der Waals surface area contributed by atoms with Crippen molar-refractivity contribution in [3.63, 3.8) is 0 Å². The summed E-state index contributed by atoms with van der Waals surface area (Å²) in [6.07, 6.45) is 2.44. The summed E-state index contributed by atoms with van der Waals surface area (Å²) in [4.78, 5) is 2.48. The van der Waals surface area contributed by atoms with Gasteiger partial charge in [0.05, 0.1) is 18.0 Å². The molecule has 0 aliphatic carbocycles. The van der Waals surface area contributed by atoms with Gasteiger partial charge in [-0.15, -0.1) is 0 Å². The molecule has 0 aromatic heterocycles. The lowest BCUT2D eigenvalue weighted by Crippen LogP contribution is -2.53. The van der Waals surface area contributed by atoms with Gasteiger partial charge in [-0.25, -0.2) is 12.7 Å². The van der Waals surface area contributed by atoms with Crippen LogP contribution in [0.15, 0.2) is 0 Å². The standard InChI is InChI=1S/C13H26N2O3S/c1-4-19(16,17)15-7-5-13(6-8-15)14-9-11(2)18-12(3)10-14/h11-13H,4-10H2,1-3H3/t11-,12-/m0/s1. The van der Waals surface area contributed by atoms with Gasteiger partial charge < -0.3 is 4.74 Å². The average molecular weight is 290 g/mol. The van der Waals surface area contributed by atoms with Gasteiger partial charge in [0.25, 0.3) is 0 Å². The number of nitrogens with zero attached hydrogens (tertiary/aromatic N) is 2. The van der Waals surface area contributed by atoms with E-state index >= 15 is 0 Å². The summed E-state index contributed by atoms with van der Waals surface area (Å²) in [6, 6.07) is 0.511. The van der Waals surface area contributed by atoms with E-state index in [1.54, 1.807) is 11.2 Å². The van der Waals surface area contributed by atoms with E-state index in [0.29, 0.717) is 19.1 Å². The molecular weight excluding hydrogens is 264 g/mol. The van der Waals surface area contributed by atoms with E-state index in [4.69, 9.17) is 4.74 Å². The van der Waals surface area contributed by atoms with Gasteiger partial charge in [-0.3, -0.25) is 4.90 Å². The van der Waals surface area contributed by atoms with E-state index in [9.17, 15) is 8.42 Å². The van der Waals surface area contributed by atoms with E-state index in [2.05, 4.69) is 18.7 Å². The van der Waals surface area contributed by atoms with E-state index in [1.165, 1.54) is 0 Å². The first-order valence-electron chi connectivity index (χ1n) is 7.29. The second-order valence-electron chi connectivity index (χ2n) is 5.74. The van der Waals surface area contributed by atoms with Crippen LogP contribution in [0.2, 0.25) is 0 Å². The van der Waals surface area contributed by atoms with Crippen molar-refractivity contribution < 1.29 is 13.2 Å². The van der Waals surface area contributed by atoms with Crippen molar-refractivity contribution in [1.29, 1.82) is 0 Å². The molecule has 0 unspecified atom stereocenters. The molecular formula is C13H26N2O3S. The Balaban J connectivity index is 1.89. The molecule has 2 saturated heterocycles. The predicted octanol–water partition coefficient (Wildman–Crippen LogP) is 0.910. The summed E-state index contributed by atoms with van der Waals surface area (Å²) >= 11 is 0. The molecule has 0 amide bonds. The highest BCUT2D eigenvalue weighted by Crippen LogP contribution is 2.22. The van der Waals surface area contributed by atoms with Crippen LogP contribution in [-0.2, 0) is 14.8 Å². The topological polar surface area (TPSA) is 49.9 Å². The van der Waals surface area contributed by atoms with Crippen molar-refractivity contribution in [1.82, 2.24) is 9.21 Å². The summed E-state index contributed by atoms with van der Waals surface area (Å²) in [5.41, 5.74) is 0. The first kappa shape index (κ1) is 15.2. The van der Waals surface area contributed by atoms with Crippen LogP contribution in [0.25, 0.3) is 0 Å². The summed E-state index contributed by atoms with van der Waals surface area (Å²) in [6.45, 7) is 9.21. The smallest absolute Gasteiger partial charge is 0.213 e. The van der Waals surface area contributed by atoms with Crippen molar-refractivity contribution in [3.05, 3.63) is 0 Å². The normalized spacial score (nSPS) is 32.6. The van der Waals surface area contributed by atoms with Crippen LogP contribution in [-0.4, -0.2) is 67.8 Å². The van der Waals surface area contributed by atoms with Crippen molar-refractivity contribution >= 4 is 10.0 Å². The maximum absolute atomic E-state index is 11.8. The summed E-state index contributed by atoms with van der Waals surface area (Å²) in [5.74, 6) is 0.212. The zero-order valence-corrected chi connectivity index (χ0v) is 13.0. The molecule has 2 fully saturated rings. The molecule has 19 heavy (non-hydrogen) atoms. The van der Waals surface area contributed by atoms with Gasteiger partial charge in [-0.2, -0.15) is 0 Å². The molecule has 0 saturated carbocycles. The third-order valence-electron chi connectivity index (χ3n) is 4.15. The fourth-order valence-electron chi connectivity index (χ4n) is 3.18. The molecule has 2 aliphatic heterocycles. The maximum atomic E-state index is 11.8. The Kier molecular flexibility index (Phi) is 4.87. The minimum absolute atomic E-state index is 0.212. The Morgan fingerprint density at radius 1 is 1.11 bits per heavy atom. The Morgan fingerprint density at radius 2 is 1.63 bits per heavy atom. The monoisotopic (exact) mass is 290 g/mol. The van der Waals surface area contributed by atoms with Crippen LogP contribution in [0, 0.1) is 0 Å². The maximum Gasteiger partial charge on any atom is 0.213 e. The van der Waals surface area contributed by atoms with Gasteiger partial charge in [-0.1, -0.05) is 0 Å². The third kappa shape index (κ3) is 3.68. The molecule has 2 aliphatic rings. The second-order valence-corrected chi connectivity index (χ2v) is 8.00.